The fraction of sp³-hybridized carbons (Fsp3) is 0.250. The second-order valence-electron chi connectivity index (χ2n) is 4.82. The van der Waals surface area contributed by atoms with E-state index in [2.05, 4.69) is 19.2 Å². The molecule has 0 fully saturated rings. The summed E-state index contributed by atoms with van der Waals surface area (Å²) in [7, 11) is 0. The molecule has 0 aromatic heterocycles. The molecule has 1 nitrogen and oxygen atoms in total. The van der Waals surface area contributed by atoms with Crippen molar-refractivity contribution in [2.75, 3.05) is 0 Å². The minimum absolute atomic E-state index is 0.199. The summed E-state index contributed by atoms with van der Waals surface area (Å²) < 4.78 is 13.7. The Morgan fingerprint density at radius 3 is 2.60 bits per heavy atom. The molecule has 20 heavy (non-hydrogen) atoms. The predicted octanol–water partition coefficient (Wildman–Crippen LogP) is 5.13. The molecule has 0 bridgehead atoms. The van der Waals surface area contributed by atoms with Gasteiger partial charge in [0.05, 0.1) is 0 Å². The number of benzene rings is 2. The lowest BCUT2D eigenvalue weighted by Gasteiger charge is -2.13. The summed E-state index contributed by atoms with van der Waals surface area (Å²) >= 11 is 7.48. The molecule has 0 heterocycles. The summed E-state index contributed by atoms with van der Waals surface area (Å²) in [5, 5.41) is 4.06. The van der Waals surface area contributed by atoms with Gasteiger partial charge < -0.3 is 5.32 Å². The van der Waals surface area contributed by atoms with Crippen LogP contribution in [-0.4, -0.2) is 6.04 Å². The number of halogens is 2. The maximum atomic E-state index is 13.7. The minimum atomic E-state index is -0.199. The zero-order valence-corrected chi connectivity index (χ0v) is 13.1. The number of hydrogen-bond acceptors (Lipinski definition) is 2. The Morgan fingerprint density at radius 2 is 1.90 bits per heavy atom. The quantitative estimate of drug-likeness (QED) is 0.822. The Kier molecular flexibility index (Phi) is 5.46. The van der Waals surface area contributed by atoms with Gasteiger partial charge in [-0.1, -0.05) is 49.3 Å². The van der Waals surface area contributed by atoms with Gasteiger partial charge >= 0.3 is 0 Å². The summed E-state index contributed by atoms with van der Waals surface area (Å²) in [4.78, 5) is 1.65. The smallest absolute Gasteiger partial charge is 0.137 e. The molecule has 0 spiro atoms. The summed E-state index contributed by atoms with van der Waals surface area (Å²) in [6.45, 7) is 4.90. The maximum Gasteiger partial charge on any atom is 0.137 e. The summed E-state index contributed by atoms with van der Waals surface area (Å²) in [5.74, 6) is -0.199. The molecule has 106 valence electrons. The van der Waals surface area contributed by atoms with E-state index in [0.29, 0.717) is 16.0 Å². The normalized spacial score (nSPS) is 11.1. The van der Waals surface area contributed by atoms with Crippen LogP contribution in [-0.2, 0) is 6.54 Å². The second kappa shape index (κ2) is 7.11. The predicted molar refractivity (Wildman–Crippen MR) is 84.0 cm³/mol. The van der Waals surface area contributed by atoms with E-state index in [4.69, 9.17) is 11.6 Å². The third-order valence-corrected chi connectivity index (χ3v) is 4.18. The van der Waals surface area contributed by atoms with Crippen LogP contribution in [0.25, 0.3) is 0 Å². The van der Waals surface area contributed by atoms with E-state index < -0.39 is 0 Å². The van der Waals surface area contributed by atoms with Gasteiger partial charge in [0.15, 0.2) is 0 Å². The molecule has 0 atom stereocenters. The Hall–Kier alpha value is -1.03. The number of rotatable bonds is 5. The number of hydrogen-bond donors (Lipinski definition) is 1. The molecular formula is C16H17ClFNS. The molecule has 0 aliphatic heterocycles. The standard InChI is InChI=1S/C16H17ClFNS/c1-11(2)19-10-12-9-13(17)7-8-15(12)20-16-6-4-3-5-14(16)18/h3-9,11,19H,10H2,1-2H3. The first-order valence-corrected chi connectivity index (χ1v) is 7.70. The molecular weight excluding hydrogens is 293 g/mol. The maximum absolute atomic E-state index is 13.7. The first-order valence-electron chi connectivity index (χ1n) is 6.50. The lowest BCUT2D eigenvalue weighted by molar-refractivity contribution is 0.584. The first-order chi connectivity index (χ1) is 9.56. The van der Waals surface area contributed by atoms with Gasteiger partial charge in [0.25, 0.3) is 0 Å². The molecule has 0 saturated heterocycles. The molecule has 0 amide bonds. The van der Waals surface area contributed by atoms with E-state index in [-0.39, 0.29) is 5.82 Å². The number of nitrogens with one attached hydrogen (secondary N) is 1. The Morgan fingerprint density at radius 1 is 1.15 bits per heavy atom. The van der Waals surface area contributed by atoms with Gasteiger partial charge in [0, 0.05) is 27.4 Å². The van der Waals surface area contributed by atoms with Crippen LogP contribution in [0.15, 0.2) is 52.3 Å². The van der Waals surface area contributed by atoms with Crippen LogP contribution in [0, 0.1) is 5.82 Å². The molecule has 0 unspecified atom stereocenters. The Bertz CT molecular complexity index is 586. The van der Waals surface area contributed by atoms with Gasteiger partial charge in [-0.15, -0.1) is 0 Å². The van der Waals surface area contributed by atoms with Gasteiger partial charge in [-0.3, -0.25) is 0 Å². The van der Waals surface area contributed by atoms with Crippen LogP contribution in [0.1, 0.15) is 19.4 Å². The van der Waals surface area contributed by atoms with Crippen molar-refractivity contribution in [2.24, 2.45) is 0 Å². The van der Waals surface area contributed by atoms with E-state index in [0.717, 1.165) is 17.0 Å². The van der Waals surface area contributed by atoms with Crippen LogP contribution in [0.4, 0.5) is 4.39 Å². The van der Waals surface area contributed by atoms with Crippen molar-refractivity contribution >= 4 is 23.4 Å². The van der Waals surface area contributed by atoms with Crippen molar-refractivity contribution in [3.05, 3.63) is 58.9 Å². The van der Waals surface area contributed by atoms with Gasteiger partial charge in [-0.25, -0.2) is 4.39 Å². The van der Waals surface area contributed by atoms with E-state index in [9.17, 15) is 4.39 Å². The fourth-order valence-corrected chi connectivity index (χ4v) is 2.89. The van der Waals surface area contributed by atoms with Crippen LogP contribution in [0.3, 0.4) is 0 Å². The van der Waals surface area contributed by atoms with Gasteiger partial charge in [-0.2, -0.15) is 0 Å². The second-order valence-corrected chi connectivity index (χ2v) is 6.34. The van der Waals surface area contributed by atoms with Crippen LogP contribution < -0.4 is 5.32 Å². The highest BCUT2D eigenvalue weighted by molar-refractivity contribution is 7.99. The lowest BCUT2D eigenvalue weighted by Crippen LogP contribution is -2.22. The van der Waals surface area contributed by atoms with Crippen molar-refractivity contribution in [1.82, 2.24) is 5.32 Å². The average molecular weight is 310 g/mol. The third-order valence-electron chi connectivity index (χ3n) is 2.78. The molecule has 2 aromatic carbocycles. The topological polar surface area (TPSA) is 12.0 Å². The van der Waals surface area contributed by atoms with Gasteiger partial charge in [0.2, 0.25) is 0 Å². The van der Waals surface area contributed by atoms with Crippen LogP contribution in [0.2, 0.25) is 5.02 Å². The molecule has 1 N–H and O–H groups in total. The van der Waals surface area contributed by atoms with Crippen molar-refractivity contribution in [1.29, 1.82) is 0 Å². The van der Waals surface area contributed by atoms with E-state index in [1.807, 2.05) is 24.3 Å². The van der Waals surface area contributed by atoms with Crippen molar-refractivity contribution in [2.45, 2.75) is 36.2 Å². The summed E-state index contributed by atoms with van der Waals surface area (Å²) in [6.07, 6.45) is 0. The average Bonchev–Trinajstić information content (AvgIpc) is 2.41. The highest BCUT2D eigenvalue weighted by Crippen LogP contribution is 2.33. The Balaban J connectivity index is 2.24. The lowest BCUT2D eigenvalue weighted by atomic mass is 10.2. The van der Waals surface area contributed by atoms with E-state index >= 15 is 0 Å². The summed E-state index contributed by atoms with van der Waals surface area (Å²) in [5.41, 5.74) is 1.08. The molecule has 0 radical (unpaired) electrons. The zero-order valence-electron chi connectivity index (χ0n) is 11.5. The van der Waals surface area contributed by atoms with Crippen LogP contribution >= 0.6 is 23.4 Å². The molecule has 0 aliphatic carbocycles. The minimum Gasteiger partial charge on any atom is -0.310 e. The fourth-order valence-electron chi connectivity index (χ4n) is 1.75. The highest BCUT2D eigenvalue weighted by Gasteiger charge is 2.09. The molecule has 2 rings (SSSR count). The van der Waals surface area contributed by atoms with E-state index in [1.165, 1.54) is 17.8 Å². The largest absolute Gasteiger partial charge is 0.310 e. The molecule has 2 aromatic rings. The van der Waals surface area contributed by atoms with E-state index in [1.54, 1.807) is 12.1 Å². The zero-order chi connectivity index (χ0) is 14.5. The van der Waals surface area contributed by atoms with Crippen LogP contribution in [0.5, 0.6) is 0 Å². The third kappa shape index (κ3) is 4.23. The van der Waals surface area contributed by atoms with Gasteiger partial charge in [0.1, 0.15) is 5.82 Å². The van der Waals surface area contributed by atoms with Crippen molar-refractivity contribution in [3.63, 3.8) is 0 Å². The summed E-state index contributed by atoms with van der Waals surface area (Å²) in [6, 6.07) is 12.9. The molecule has 4 heteroatoms. The van der Waals surface area contributed by atoms with Crippen molar-refractivity contribution < 1.29 is 4.39 Å². The Labute approximate surface area is 128 Å². The SMILES string of the molecule is CC(C)NCc1cc(Cl)ccc1Sc1ccccc1F. The van der Waals surface area contributed by atoms with Gasteiger partial charge in [-0.05, 0) is 35.9 Å². The van der Waals surface area contributed by atoms with Crippen molar-refractivity contribution in [3.8, 4) is 0 Å². The first kappa shape index (κ1) is 15.4. The molecule has 0 aliphatic rings. The monoisotopic (exact) mass is 309 g/mol. The highest BCUT2D eigenvalue weighted by atomic mass is 35.5. The molecule has 0 saturated carbocycles.